The molecule has 0 aliphatic carbocycles. The van der Waals surface area contributed by atoms with Crippen LogP contribution < -0.4 is 20.7 Å². The highest BCUT2D eigenvalue weighted by molar-refractivity contribution is 6.73. The van der Waals surface area contributed by atoms with Crippen molar-refractivity contribution in [3.05, 3.63) is 86.8 Å². The highest BCUT2D eigenvalue weighted by Crippen LogP contribution is 2.45. The Morgan fingerprint density at radius 1 is 1.02 bits per heavy atom. The van der Waals surface area contributed by atoms with E-state index >= 15 is 0 Å². The molecule has 2 heterocycles. The zero-order valence-corrected chi connectivity index (χ0v) is 38.3. The molecule has 16 heteroatoms. The van der Waals surface area contributed by atoms with Crippen LogP contribution in [0.3, 0.4) is 0 Å². The molecule has 4 rings (SSSR count). The molecule has 2 aromatic rings. The van der Waals surface area contributed by atoms with Crippen LogP contribution in [0.2, 0.25) is 23.2 Å². The van der Waals surface area contributed by atoms with Crippen molar-refractivity contribution in [2.45, 2.75) is 130 Å². The number of carbonyl (C=O) groups is 4. The number of rotatable bonds is 15. The van der Waals surface area contributed by atoms with Gasteiger partial charge in [0.1, 0.15) is 30.0 Å². The van der Waals surface area contributed by atoms with Crippen molar-refractivity contribution in [1.82, 2.24) is 16.0 Å². The maximum Gasteiger partial charge on any atom is 0.328 e. The van der Waals surface area contributed by atoms with Crippen LogP contribution in [-0.4, -0.2) is 76.6 Å². The predicted octanol–water partition coefficient (Wildman–Crippen LogP) is 7.90. The third-order valence-electron chi connectivity index (χ3n) is 11.7. The molecule has 1 unspecified atom stereocenters. The van der Waals surface area contributed by atoms with Crippen LogP contribution in [0.25, 0.3) is 10.4 Å². The molecule has 3 N–H and O–H groups in total. The third-order valence-corrected chi connectivity index (χ3v) is 16.6. The van der Waals surface area contributed by atoms with Gasteiger partial charge < -0.3 is 34.6 Å². The Bertz CT molecular complexity index is 1890. The van der Waals surface area contributed by atoms with Crippen LogP contribution >= 0.6 is 11.6 Å². The minimum atomic E-state index is -2.21. The summed E-state index contributed by atoms with van der Waals surface area (Å²) in [5.41, 5.74) is 9.47. The first-order valence-corrected chi connectivity index (χ1v) is 23.8. The Morgan fingerprint density at radius 2 is 1.68 bits per heavy atom. The number of nitrogens with zero attached hydrogens (tertiary/aromatic N) is 3. The number of methoxy groups -OCH3 is 1. The lowest BCUT2D eigenvalue weighted by molar-refractivity contribution is -0.157. The SMILES string of the molecule is CC[Si](CC)(CC)OCC1(C)CNC(=O)[C@@H](Cc2ccc(OC)c(Cl)c2)NC(=O)/C=C\C[C@@H]([C@H](C)[C@H]2O[C@@H]2c2ccc(CN=[N+]=[N-])cc2)OC(=O)[C@H](CC(C)(C)C)NC1=O. The number of benzene rings is 2. The van der Waals surface area contributed by atoms with Gasteiger partial charge in [-0.15, -0.1) is 0 Å². The van der Waals surface area contributed by atoms with Gasteiger partial charge in [0.25, 0.3) is 0 Å². The number of hydrogen-bond acceptors (Lipinski definition) is 9. The first kappa shape index (κ1) is 48.3. The largest absolute Gasteiger partial charge is 0.495 e. The van der Waals surface area contributed by atoms with Gasteiger partial charge in [-0.3, -0.25) is 14.4 Å². The molecule has 328 valence electrons. The standard InChI is InChI=1S/C44H63ClN6O8Si/c1-10-60(11-2,12-3)57-27-44(8)26-47-40(53)33(23-30-18-21-36(56-9)32(45)22-30)49-37(52)15-13-14-35(58-41(54)34(50-42(44)55)24-43(5,6)7)28(4)38-39(59-38)31-19-16-29(17-20-31)25-48-51-46/h13,15-22,28,33-35,38-39H,10-12,14,23-27H2,1-9H3,(H,47,53)(H,49,52)(H,50,55)/b15-13-/t28-,33+,34-,35-,38+,39+,44?/m0/s1. The predicted molar refractivity (Wildman–Crippen MR) is 234 cm³/mol. The fourth-order valence-electron chi connectivity index (χ4n) is 7.45. The number of esters is 1. The Kier molecular flexibility index (Phi) is 17.2. The van der Waals surface area contributed by atoms with Crippen molar-refractivity contribution in [3.8, 4) is 5.75 Å². The lowest BCUT2D eigenvalue weighted by Crippen LogP contribution is -2.57. The molecular formula is C44H63ClN6O8Si. The molecule has 2 aliphatic heterocycles. The number of halogens is 1. The van der Waals surface area contributed by atoms with E-state index in [1.165, 1.54) is 13.2 Å². The van der Waals surface area contributed by atoms with Crippen molar-refractivity contribution in [2.75, 3.05) is 20.3 Å². The molecule has 0 saturated carbocycles. The van der Waals surface area contributed by atoms with Crippen LogP contribution in [-0.2, 0) is 46.0 Å². The fourth-order valence-corrected chi connectivity index (χ4v) is 10.5. The zero-order valence-electron chi connectivity index (χ0n) is 36.5. The Hall–Kier alpha value is -4.40. The van der Waals surface area contributed by atoms with Crippen LogP contribution in [0.1, 0.15) is 91.0 Å². The Balaban J connectivity index is 1.71. The number of epoxide rings is 1. The first-order chi connectivity index (χ1) is 28.4. The maximum atomic E-state index is 14.6. The van der Waals surface area contributed by atoms with Crippen molar-refractivity contribution >= 4 is 43.6 Å². The molecular weight excluding hydrogens is 804 g/mol. The second kappa shape index (κ2) is 21.4. The first-order valence-electron chi connectivity index (χ1n) is 20.9. The van der Waals surface area contributed by atoms with Gasteiger partial charge in [-0.1, -0.05) is 102 Å². The van der Waals surface area contributed by atoms with Crippen LogP contribution in [0, 0.1) is 16.7 Å². The monoisotopic (exact) mass is 866 g/mol. The molecule has 60 heavy (non-hydrogen) atoms. The number of amides is 3. The molecule has 0 aromatic heterocycles. The normalized spacial score (nSPS) is 25.5. The molecule has 1 saturated heterocycles. The number of hydrogen-bond donors (Lipinski definition) is 3. The molecule has 7 atom stereocenters. The van der Waals surface area contributed by atoms with E-state index in [1.807, 2.05) is 52.0 Å². The fraction of sp³-hybridized carbons (Fsp3) is 0.591. The summed E-state index contributed by atoms with van der Waals surface area (Å²) in [4.78, 5) is 59.4. The van der Waals surface area contributed by atoms with Crippen molar-refractivity contribution in [3.63, 3.8) is 0 Å². The molecule has 0 bridgehead atoms. The van der Waals surface area contributed by atoms with Crippen LogP contribution in [0.4, 0.5) is 0 Å². The number of cyclic esters (lactones) is 1. The topological polar surface area (TPSA) is 193 Å². The van der Waals surface area contributed by atoms with Crippen LogP contribution in [0.5, 0.6) is 5.75 Å². The van der Waals surface area contributed by atoms with Gasteiger partial charge in [-0.05, 0) is 77.3 Å². The second-order valence-corrected chi connectivity index (χ2v) is 22.6. The summed E-state index contributed by atoms with van der Waals surface area (Å²) in [6.45, 7) is 16.0. The molecule has 2 aliphatic rings. The van der Waals surface area contributed by atoms with E-state index in [0.29, 0.717) is 16.3 Å². The minimum absolute atomic E-state index is 0.0125. The van der Waals surface area contributed by atoms with Crippen LogP contribution in [0.15, 0.2) is 59.7 Å². The lowest BCUT2D eigenvalue weighted by atomic mass is 9.86. The summed E-state index contributed by atoms with van der Waals surface area (Å²) in [5.74, 6) is -1.95. The Labute approximate surface area is 360 Å². The number of nitrogens with one attached hydrogen (secondary N) is 3. The summed E-state index contributed by atoms with van der Waals surface area (Å²) in [5, 5.41) is 12.8. The minimum Gasteiger partial charge on any atom is -0.495 e. The van der Waals surface area contributed by atoms with Gasteiger partial charge in [0.2, 0.25) is 17.7 Å². The van der Waals surface area contributed by atoms with Crippen molar-refractivity contribution in [2.24, 2.45) is 21.9 Å². The lowest BCUT2D eigenvalue weighted by Gasteiger charge is -2.37. The average Bonchev–Trinajstić information content (AvgIpc) is 4.02. The van der Waals surface area contributed by atoms with Gasteiger partial charge in [-0.2, -0.15) is 0 Å². The van der Waals surface area contributed by atoms with Gasteiger partial charge in [0.05, 0.1) is 30.2 Å². The summed E-state index contributed by atoms with van der Waals surface area (Å²) in [7, 11) is -0.703. The summed E-state index contributed by atoms with van der Waals surface area (Å²) >= 11 is 6.44. The zero-order chi connectivity index (χ0) is 44.3. The Morgan fingerprint density at radius 3 is 2.28 bits per heavy atom. The second-order valence-electron chi connectivity index (χ2n) is 17.5. The quantitative estimate of drug-likeness (QED) is 0.0402. The van der Waals surface area contributed by atoms with Gasteiger partial charge in [0, 0.05) is 36.8 Å². The van der Waals surface area contributed by atoms with E-state index in [0.717, 1.165) is 29.3 Å². The summed E-state index contributed by atoms with van der Waals surface area (Å²) in [6, 6.07) is 13.2. The van der Waals surface area contributed by atoms with Gasteiger partial charge >= 0.3 is 5.97 Å². The number of ether oxygens (including phenoxy) is 3. The molecule has 0 radical (unpaired) electrons. The molecule has 2 aromatic carbocycles. The molecule has 3 amide bonds. The van der Waals surface area contributed by atoms with E-state index in [-0.39, 0.29) is 62.5 Å². The third kappa shape index (κ3) is 13.3. The molecule has 0 spiro atoms. The molecule has 14 nitrogen and oxygen atoms in total. The smallest absolute Gasteiger partial charge is 0.328 e. The summed E-state index contributed by atoms with van der Waals surface area (Å²) < 4.78 is 24.5. The number of carbonyl (C=O) groups excluding carboxylic acids is 4. The summed E-state index contributed by atoms with van der Waals surface area (Å²) in [6.07, 6.45) is 2.18. The van der Waals surface area contributed by atoms with Gasteiger partial charge in [0.15, 0.2) is 8.32 Å². The highest BCUT2D eigenvalue weighted by Gasteiger charge is 2.48. The van der Waals surface area contributed by atoms with E-state index in [1.54, 1.807) is 31.2 Å². The molecule has 1 fully saturated rings. The number of azide groups is 1. The van der Waals surface area contributed by atoms with Crippen molar-refractivity contribution < 1.29 is 37.8 Å². The van der Waals surface area contributed by atoms with E-state index in [4.69, 9.17) is 35.8 Å². The maximum absolute atomic E-state index is 14.6. The van der Waals surface area contributed by atoms with E-state index in [9.17, 15) is 19.2 Å². The highest BCUT2D eigenvalue weighted by atomic mass is 35.5. The van der Waals surface area contributed by atoms with Crippen molar-refractivity contribution in [1.29, 1.82) is 0 Å². The average molecular weight is 868 g/mol. The van der Waals surface area contributed by atoms with E-state index < -0.39 is 55.6 Å². The van der Waals surface area contributed by atoms with Gasteiger partial charge in [-0.25, -0.2) is 4.79 Å². The van der Waals surface area contributed by atoms with E-state index in [2.05, 4.69) is 46.7 Å².